The van der Waals surface area contributed by atoms with Gasteiger partial charge in [-0.3, -0.25) is 29.9 Å². The van der Waals surface area contributed by atoms with Crippen molar-refractivity contribution in [1.29, 1.82) is 0 Å². The van der Waals surface area contributed by atoms with Crippen LogP contribution < -0.4 is 34.4 Å². The summed E-state index contributed by atoms with van der Waals surface area (Å²) in [5, 5.41) is 5.80. The minimum absolute atomic E-state index is 0.245. The van der Waals surface area contributed by atoms with Gasteiger partial charge in [-0.25, -0.2) is 77.4 Å². The van der Waals surface area contributed by atoms with Gasteiger partial charge in [-0.1, -0.05) is 151 Å². The summed E-state index contributed by atoms with van der Waals surface area (Å²) in [5.74, 6) is 1.43. The van der Waals surface area contributed by atoms with Gasteiger partial charge in [0.15, 0.2) is 0 Å². The number of nitrogens with two attached hydrogens (primary N) is 6. The van der Waals surface area contributed by atoms with E-state index in [4.69, 9.17) is 57.6 Å². The second-order valence-corrected chi connectivity index (χ2v) is 35.1. The Balaban J connectivity index is 0.000000112. The molecule has 0 saturated carbocycles. The summed E-state index contributed by atoms with van der Waals surface area (Å²) in [4.78, 5) is 76.8. The van der Waals surface area contributed by atoms with Gasteiger partial charge in [0.25, 0.3) is 0 Å². The molecule has 24 aromatic rings. The van der Waals surface area contributed by atoms with E-state index < -0.39 is 5.82 Å². The fourth-order valence-electron chi connectivity index (χ4n) is 17.3. The number of aryl methyl sites for hydroxylation is 4. The molecule has 0 aliphatic rings. The summed E-state index contributed by atoms with van der Waals surface area (Å²) in [7, 11) is 0. The third-order valence-electron chi connectivity index (χ3n) is 24.6. The van der Waals surface area contributed by atoms with Crippen LogP contribution in [-0.2, 0) is 0 Å². The van der Waals surface area contributed by atoms with E-state index in [1.807, 2.05) is 238 Å². The minimum Gasteiger partial charge on any atom is -0.383 e. The molecule has 24 nitrogen and oxygen atoms in total. The molecule has 0 saturated heterocycles. The van der Waals surface area contributed by atoms with Crippen LogP contribution in [0.3, 0.4) is 0 Å². The second kappa shape index (κ2) is 43.6. The Morgan fingerprint density at radius 2 is 0.480 bits per heavy atom. The molecule has 12 heterocycles. The van der Waals surface area contributed by atoms with Crippen LogP contribution in [-0.4, -0.2) is 89.7 Å². The maximum absolute atomic E-state index is 14.0. The molecule has 24 rings (SSSR count). The topological polar surface area (TPSA) is 388 Å². The molecule has 0 spiro atoms. The number of aromatic nitrogens is 18. The zero-order valence-corrected chi connectivity index (χ0v) is 81.1. The van der Waals surface area contributed by atoms with Crippen LogP contribution in [0.15, 0.2) is 378 Å². The summed E-state index contributed by atoms with van der Waals surface area (Å²) in [6.07, 6.45) is 19.1. The van der Waals surface area contributed by atoms with Crippen molar-refractivity contribution in [3.05, 3.63) is 434 Å². The number of hydrogen-bond acceptors (Lipinski definition) is 24. The van der Waals surface area contributed by atoms with Crippen molar-refractivity contribution in [3.63, 3.8) is 0 Å². The third kappa shape index (κ3) is 21.7. The first-order chi connectivity index (χ1) is 71.9. The number of anilines is 6. The lowest BCUT2D eigenvalue weighted by Gasteiger charge is -2.12. The molecule has 148 heavy (non-hydrogen) atoms. The summed E-state index contributed by atoms with van der Waals surface area (Å²) < 4.78 is 55.2. The van der Waals surface area contributed by atoms with E-state index >= 15 is 0 Å². The summed E-state index contributed by atoms with van der Waals surface area (Å²) in [5.41, 5.74) is 65.4. The zero-order chi connectivity index (χ0) is 103. The van der Waals surface area contributed by atoms with E-state index in [2.05, 4.69) is 122 Å². The Kier molecular flexibility index (Phi) is 28.8. The van der Waals surface area contributed by atoms with Crippen LogP contribution in [0.4, 0.5) is 52.5 Å². The van der Waals surface area contributed by atoms with Gasteiger partial charge in [0.2, 0.25) is 0 Å². The predicted octanol–water partition coefficient (Wildman–Crippen LogP) is 26.7. The van der Waals surface area contributed by atoms with Gasteiger partial charge < -0.3 is 34.4 Å². The first kappa shape index (κ1) is 97.5. The number of nitrogen functional groups attached to an aromatic ring is 6. The Morgan fingerprint density at radius 3 is 0.824 bits per heavy atom. The van der Waals surface area contributed by atoms with Crippen molar-refractivity contribution in [1.82, 2.24) is 89.7 Å². The van der Waals surface area contributed by atoms with Crippen molar-refractivity contribution in [2.45, 2.75) is 27.7 Å². The molecule has 0 aliphatic heterocycles. The summed E-state index contributed by atoms with van der Waals surface area (Å²) in [6.45, 7) is 7.75. The highest BCUT2D eigenvalue weighted by molar-refractivity contribution is 6.31. The number of halogens is 6. The van der Waals surface area contributed by atoms with Gasteiger partial charge >= 0.3 is 0 Å². The number of nitrogens with zero attached hydrogens (tertiary/aromatic N) is 18. The van der Waals surface area contributed by atoms with E-state index in [0.29, 0.717) is 67.5 Å². The Morgan fingerprint density at radius 1 is 0.189 bits per heavy atom. The molecule has 0 unspecified atom stereocenters. The van der Waals surface area contributed by atoms with Crippen molar-refractivity contribution >= 4 is 124 Å². The van der Waals surface area contributed by atoms with Crippen LogP contribution in [0.1, 0.15) is 22.3 Å². The zero-order valence-electron chi connectivity index (χ0n) is 79.6. The third-order valence-corrected chi connectivity index (χ3v) is 25.0. The van der Waals surface area contributed by atoms with Crippen molar-refractivity contribution < 1.29 is 17.6 Å². The highest BCUT2D eigenvalue weighted by Crippen LogP contribution is 2.43. The quantitative estimate of drug-likeness (QED) is 0.0619. The fraction of sp³-hybridized carbons (Fsp3) is 0.0339. The van der Waals surface area contributed by atoms with Crippen LogP contribution in [0, 0.1) is 51.0 Å². The maximum atomic E-state index is 14.0. The Bertz CT molecular complexity index is 8950. The monoisotopic (exact) mass is 1980 g/mol. The van der Waals surface area contributed by atoms with E-state index in [0.717, 1.165) is 194 Å². The van der Waals surface area contributed by atoms with Crippen molar-refractivity contribution in [2.75, 3.05) is 34.4 Å². The largest absolute Gasteiger partial charge is 0.383 e. The molecule has 0 bridgehead atoms. The number of fused-ring (bicyclic) bond motifs is 6. The van der Waals surface area contributed by atoms with E-state index in [1.54, 1.807) is 56.1 Å². The molecule has 0 atom stereocenters. The first-order valence-electron chi connectivity index (χ1n) is 46.3. The highest BCUT2D eigenvalue weighted by atomic mass is 35.5. The standard InChI is InChI=1S/C20H15ClN4.2C20H15FN4.C20H16N4.C19H12ClFN4.C19H13FN4/c1-12-4-6-14(21)10-16(12)19-15(3-2-8-23-19)13-5-7-18-17(9-13)20(22)25-11-24-18;1-12-4-5-14(10-17(12)21)19-15(3-2-8-23-19)13-6-7-18-16(9-13)20(22)25-11-24-18;1-12-7-14(9-15(21)8-12)19-16(3-2-6-23-19)13-4-5-18-17(10-13)20(22)25-11-24-18;1-13-5-2-3-6-15(13)19-16(7-4-10-22-19)14-8-9-18-17(11-14)20(21)24-12-23-18;20-13-6-12(7-14(21)9-13)18-15(2-1-5-23-18)11-3-4-17-16(8-11)19(22)25-10-24-17;20-14-4-1-3-13(9-14)18-15(5-2-8-22-18)12-6-7-17-16(10-12)19(21)24-11-23-17/h3*2-11H,1H3,(H2,22,24,25);2-12H,1H3,(H2,21,23,24);1-10H,(H2,22,24,25);1-11H,(H2,21,23,24). The average molecular weight is 1990 g/mol. The molecular weight excluding hydrogens is 1900 g/mol. The van der Waals surface area contributed by atoms with Crippen molar-refractivity contribution in [2.24, 2.45) is 0 Å². The van der Waals surface area contributed by atoms with Gasteiger partial charge in [-0.05, 0) is 259 Å². The molecule has 12 aromatic heterocycles. The van der Waals surface area contributed by atoms with Crippen LogP contribution in [0.2, 0.25) is 10.0 Å². The number of rotatable bonds is 12. The van der Waals surface area contributed by atoms with Gasteiger partial charge in [0.05, 0.1) is 67.3 Å². The number of benzene rings is 12. The van der Waals surface area contributed by atoms with E-state index in [-0.39, 0.29) is 17.5 Å². The molecule has 0 amide bonds. The second-order valence-electron chi connectivity index (χ2n) is 34.3. The normalized spacial score (nSPS) is 10.9. The first-order valence-corrected chi connectivity index (χ1v) is 47.0. The smallest absolute Gasteiger partial charge is 0.134 e. The molecule has 0 aliphatic carbocycles. The molecule has 12 aromatic carbocycles. The van der Waals surface area contributed by atoms with Gasteiger partial charge in [0.1, 0.15) is 96.1 Å². The minimum atomic E-state index is -0.407. The maximum Gasteiger partial charge on any atom is 0.134 e. The van der Waals surface area contributed by atoms with Crippen LogP contribution in [0.25, 0.3) is 200 Å². The van der Waals surface area contributed by atoms with Crippen LogP contribution >= 0.6 is 23.2 Å². The summed E-state index contributed by atoms with van der Waals surface area (Å²) in [6, 6.07) is 93.3. The lowest BCUT2D eigenvalue weighted by Crippen LogP contribution is -1.95. The SMILES string of the molecule is Cc1cc(F)cc(-c2ncccc2-c2ccc3ncnc(N)c3c2)c1.Cc1ccc(-c2ncccc2-c2ccc3ncnc(N)c3c2)cc1F.Cc1ccc(Cl)cc1-c1ncccc1-c1ccc2ncnc(N)c2c1.Cc1ccccc1-c1ncccc1-c1ccc2ncnc(N)c2c1.Nc1ncnc2ccc(-c3cccnc3-c3cc(F)cc(Cl)c3)cc12.Nc1ncnc2ccc(-c3cccnc3-c3cccc(F)c3)cc12. The van der Waals surface area contributed by atoms with E-state index in [1.165, 1.54) is 86.0 Å². The number of pyridine rings is 6. The predicted molar refractivity (Wildman–Crippen MR) is 585 cm³/mol. The lowest BCUT2D eigenvalue weighted by atomic mass is 9.96. The lowest BCUT2D eigenvalue weighted by molar-refractivity contribution is 0.619. The molecule has 12 N–H and O–H groups in total. The number of hydrogen-bond donors (Lipinski definition) is 6. The van der Waals surface area contributed by atoms with Gasteiger partial charge in [0, 0.05) is 146 Å². The van der Waals surface area contributed by atoms with Gasteiger partial charge in [-0.2, -0.15) is 0 Å². The molecule has 0 radical (unpaired) electrons. The average Bonchev–Trinajstić information content (AvgIpc) is 0.801. The molecular formula is C118H86Cl2F4N24. The highest BCUT2D eigenvalue weighted by Gasteiger charge is 2.22. The fourth-order valence-corrected chi connectivity index (χ4v) is 17.7. The summed E-state index contributed by atoms with van der Waals surface area (Å²) >= 11 is 12.2. The van der Waals surface area contributed by atoms with Crippen molar-refractivity contribution in [3.8, 4) is 134 Å². The Hall–Kier alpha value is -19.3. The molecule has 0 fully saturated rings. The molecule has 30 heteroatoms. The Labute approximate surface area is 855 Å². The molecule has 720 valence electrons. The van der Waals surface area contributed by atoms with Crippen LogP contribution in [0.5, 0.6) is 0 Å². The van der Waals surface area contributed by atoms with E-state index in [9.17, 15) is 17.6 Å². The van der Waals surface area contributed by atoms with Gasteiger partial charge in [-0.15, -0.1) is 0 Å².